The van der Waals surface area contributed by atoms with Gasteiger partial charge in [-0.1, -0.05) is 97.3 Å². The molecule has 1 nitrogen and oxygen atoms in total. The molecule has 0 aromatic heterocycles. The normalized spacial score (nSPS) is 33.0. The lowest BCUT2D eigenvalue weighted by molar-refractivity contribution is 0.0238. The van der Waals surface area contributed by atoms with Crippen molar-refractivity contribution < 1.29 is 0 Å². The highest BCUT2D eigenvalue weighted by molar-refractivity contribution is 4.99. The van der Waals surface area contributed by atoms with Crippen molar-refractivity contribution in [1.29, 1.82) is 5.26 Å². The minimum Gasteiger partial charge on any atom is -0.198 e. The average molecular weight is 414 g/mol. The standard InChI is InChI=1S/C29H51N/c1-3-5-7-11-25-14-18-28(19-15-25)29(20-8-6-9-21-29)22-27(23-30)26-16-12-24(10-4-2)13-17-26/h24-28H,3-22H2,1-2H3. The summed E-state index contributed by atoms with van der Waals surface area (Å²) in [5.74, 6) is 3.93. The second kappa shape index (κ2) is 12.5. The minimum atomic E-state index is 0.341. The summed E-state index contributed by atoms with van der Waals surface area (Å²) in [7, 11) is 0. The highest BCUT2D eigenvalue weighted by Gasteiger charge is 2.44. The fourth-order valence-electron chi connectivity index (χ4n) is 7.82. The van der Waals surface area contributed by atoms with Crippen LogP contribution in [0.2, 0.25) is 0 Å². The van der Waals surface area contributed by atoms with Gasteiger partial charge in [0.2, 0.25) is 0 Å². The lowest BCUT2D eigenvalue weighted by atomic mass is 9.56. The summed E-state index contributed by atoms with van der Waals surface area (Å²) in [5, 5.41) is 10.2. The number of hydrogen-bond acceptors (Lipinski definition) is 1. The smallest absolute Gasteiger partial charge is 0.0658 e. The number of hydrogen-bond donors (Lipinski definition) is 0. The van der Waals surface area contributed by atoms with E-state index in [4.69, 9.17) is 0 Å². The van der Waals surface area contributed by atoms with Gasteiger partial charge >= 0.3 is 0 Å². The number of nitrogens with zero attached hydrogens (tertiary/aromatic N) is 1. The van der Waals surface area contributed by atoms with Gasteiger partial charge in [0.15, 0.2) is 0 Å². The van der Waals surface area contributed by atoms with Gasteiger partial charge in [-0.2, -0.15) is 5.26 Å². The van der Waals surface area contributed by atoms with Gasteiger partial charge in [-0.3, -0.25) is 0 Å². The molecule has 1 atom stereocenters. The molecule has 3 rings (SSSR count). The summed E-state index contributed by atoms with van der Waals surface area (Å²) in [6.45, 7) is 4.65. The highest BCUT2D eigenvalue weighted by atomic mass is 14.5. The van der Waals surface area contributed by atoms with Crippen LogP contribution in [0.25, 0.3) is 0 Å². The van der Waals surface area contributed by atoms with Gasteiger partial charge in [-0.15, -0.1) is 0 Å². The topological polar surface area (TPSA) is 23.8 Å². The first-order valence-corrected chi connectivity index (χ1v) is 14.1. The molecule has 0 saturated heterocycles. The SMILES string of the molecule is CCCCCC1CCC(C2(CC(C#N)C3CCC(CCC)CC3)CCCCC2)CC1. The molecule has 3 fully saturated rings. The zero-order chi connectivity index (χ0) is 21.2. The van der Waals surface area contributed by atoms with Gasteiger partial charge in [0.25, 0.3) is 0 Å². The summed E-state index contributed by atoms with van der Waals surface area (Å²) in [4.78, 5) is 0. The van der Waals surface area contributed by atoms with E-state index in [0.717, 1.165) is 17.8 Å². The fourth-order valence-corrected chi connectivity index (χ4v) is 7.82. The Morgan fingerprint density at radius 2 is 1.40 bits per heavy atom. The molecular weight excluding hydrogens is 362 g/mol. The Morgan fingerprint density at radius 1 is 0.767 bits per heavy atom. The van der Waals surface area contributed by atoms with E-state index in [2.05, 4.69) is 19.9 Å². The van der Waals surface area contributed by atoms with Crippen LogP contribution in [-0.4, -0.2) is 0 Å². The molecule has 3 saturated carbocycles. The van der Waals surface area contributed by atoms with E-state index in [1.807, 2.05) is 0 Å². The Bertz CT molecular complexity index is 495. The first-order valence-electron chi connectivity index (χ1n) is 14.1. The van der Waals surface area contributed by atoms with E-state index in [1.54, 1.807) is 0 Å². The van der Waals surface area contributed by atoms with Crippen molar-refractivity contribution in [3.05, 3.63) is 0 Å². The minimum absolute atomic E-state index is 0.341. The third-order valence-corrected chi connectivity index (χ3v) is 9.73. The van der Waals surface area contributed by atoms with Crippen LogP contribution in [-0.2, 0) is 0 Å². The molecule has 0 aliphatic heterocycles. The monoisotopic (exact) mass is 413 g/mol. The molecule has 0 spiro atoms. The first kappa shape index (κ1) is 24.1. The second-order valence-corrected chi connectivity index (χ2v) is 11.6. The zero-order valence-corrected chi connectivity index (χ0v) is 20.5. The van der Waals surface area contributed by atoms with Crippen molar-refractivity contribution in [1.82, 2.24) is 0 Å². The molecule has 0 amide bonds. The molecule has 1 heteroatoms. The first-order chi connectivity index (χ1) is 14.7. The van der Waals surface area contributed by atoms with Crippen LogP contribution in [0.4, 0.5) is 0 Å². The highest BCUT2D eigenvalue weighted by Crippen LogP contribution is 2.54. The molecule has 3 aliphatic carbocycles. The number of nitriles is 1. The van der Waals surface area contributed by atoms with Crippen molar-refractivity contribution >= 4 is 0 Å². The molecule has 30 heavy (non-hydrogen) atoms. The zero-order valence-electron chi connectivity index (χ0n) is 20.5. The summed E-state index contributed by atoms with van der Waals surface area (Å²) in [6, 6.07) is 2.87. The fraction of sp³-hybridized carbons (Fsp3) is 0.966. The molecule has 3 aliphatic rings. The van der Waals surface area contributed by atoms with E-state index in [0.29, 0.717) is 17.3 Å². The summed E-state index contributed by atoms with van der Waals surface area (Å²) >= 11 is 0. The molecule has 0 radical (unpaired) electrons. The molecule has 0 bridgehead atoms. The largest absolute Gasteiger partial charge is 0.198 e. The van der Waals surface area contributed by atoms with E-state index in [9.17, 15) is 5.26 Å². The molecule has 0 aromatic rings. The molecule has 172 valence electrons. The summed E-state index contributed by atoms with van der Waals surface area (Å²) in [6.07, 6.45) is 28.2. The number of unbranched alkanes of at least 4 members (excludes halogenated alkanes) is 2. The van der Waals surface area contributed by atoms with Crippen LogP contribution in [0, 0.1) is 46.3 Å². The molecule has 0 N–H and O–H groups in total. The third kappa shape index (κ3) is 6.50. The van der Waals surface area contributed by atoms with Gasteiger partial charge in [-0.25, -0.2) is 0 Å². The van der Waals surface area contributed by atoms with E-state index in [-0.39, 0.29) is 0 Å². The van der Waals surface area contributed by atoms with Gasteiger partial charge in [-0.05, 0) is 74.0 Å². The quantitative estimate of drug-likeness (QED) is 0.327. The molecule has 0 heterocycles. The maximum Gasteiger partial charge on any atom is 0.0658 e. The van der Waals surface area contributed by atoms with Gasteiger partial charge in [0.1, 0.15) is 0 Å². The lowest BCUT2D eigenvalue weighted by Gasteiger charge is -2.48. The van der Waals surface area contributed by atoms with E-state index in [1.165, 1.54) is 128 Å². The second-order valence-electron chi connectivity index (χ2n) is 11.6. The Hall–Kier alpha value is -0.510. The Labute approximate surface area is 188 Å². The van der Waals surface area contributed by atoms with Crippen molar-refractivity contribution in [2.45, 2.75) is 142 Å². The van der Waals surface area contributed by atoms with Crippen LogP contribution in [0.15, 0.2) is 0 Å². The average Bonchev–Trinajstić information content (AvgIpc) is 2.80. The van der Waals surface area contributed by atoms with Gasteiger partial charge in [0.05, 0.1) is 6.07 Å². The van der Waals surface area contributed by atoms with E-state index < -0.39 is 0 Å². The molecular formula is C29H51N. The van der Waals surface area contributed by atoms with Crippen LogP contribution >= 0.6 is 0 Å². The Kier molecular flexibility index (Phi) is 10.1. The Morgan fingerprint density at radius 3 is 2.00 bits per heavy atom. The number of rotatable bonds is 10. The maximum atomic E-state index is 10.2. The van der Waals surface area contributed by atoms with Crippen molar-refractivity contribution in [3.8, 4) is 6.07 Å². The predicted molar refractivity (Wildman–Crippen MR) is 129 cm³/mol. The van der Waals surface area contributed by atoms with Crippen molar-refractivity contribution in [2.24, 2.45) is 35.0 Å². The molecule has 0 aromatic carbocycles. The Balaban J connectivity index is 1.57. The van der Waals surface area contributed by atoms with Crippen LogP contribution in [0.5, 0.6) is 0 Å². The predicted octanol–water partition coefficient (Wildman–Crippen LogP) is 9.46. The van der Waals surface area contributed by atoms with Gasteiger partial charge in [0, 0.05) is 5.92 Å². The van der Waals surface area contributed by atoms with Gasteiger partial charge < -0.3 is 0 Å². The summed E-state index contributed by atoms with van der Waals surface area (Å²) < 4.78 is 0. The van der Waals surface area contributed by atoms with Crippen LogP contribution in [0.1, 0.15) is 142 Å². The third-order valence-electron chi connectivity index (χ3n) is 9.73. The lowest BCUT2D eigenvalue weighted by Crippen LogP contribution is -2.38. The van der Waals surface area contributed by atoms with Crippen molar-refractivity contribution in [3.63, 3.8) is 0 Å². The molecule has 1 unspecified atom stereocenters. The summed E-state index contributed by atoms with van der Waals surface area (Å²) in [5.41, 5.74) is 0.521. The maximum absolute atomic E-state index is 10.2. The van der Waals surface area contributed by atoms with E-state index >= 15 is 0 Å². The van der Waals surface area contributed by atoms with Crippen molar-refractivity contribution in [2.75, 3.05) is 0 Å². The van der Waals surface area contributed by atoms with Crippen LogP contribution in [0.3, 0.4) is 0 Å². The van der Waals surface area contributed by atoms with Crippen LogP contribution < -0.4 is 0 Å².